The zero-order valence-corrected chi connectivity index (χ0v) is 11.2. The number of ether oxygens (including phenoxy) is 1. The third-order valence-electron chi connectivity index (χ3n) is 2.74. The molecule has 0 aliphatic heterocycles. The lowest BCUT2D eigenvalue weighted by molar-refractivity contribution is -0.142. The third kappa shape index (κ3) is 4.41. The van der Waals surface area contributed by atoms with Crippen LogP contribution in [0.4, 0.5) is 22.0 Å². The van der Waals surface area contributed by atoms with Crippen molar-refractivity contribution in [2.75, 3.05) is 0 Å². The molecular formula is C13H9F5N2O3. The van der Waals surface area contributed by atoms with Gasteiger partial charge in [-0.2, -0.15) is 27.1 Å². The van der Waals surface area contributed by atoms with E-state index in [1.54, 1.807) is 0 Å². The summed E-state index contributed by atoms with van der Waals surface area (Å²) in [4.78, 5) is 10.9. The van der Waals surface area contributed by atoms with Crippen molar-refractivity contribution in [2.45, 2.75) is 19.3 Å². The van der Waals surface area contributed by atoms with E-state index in [9.17, 15) is 26.7 Å². The molecule has 0 fully saturated rings. The van der Waals surface area contributed by atoms with Gasteiger partial charge in [-0.1, -0.05) is 6.07 Å². The van der Waals surface area contributed by atoms with Gasteiger partial charge in [-0.25, -0.2) is 4.79 Å². The third-order valence-corrected chi connectivity index (χ3v) is 2.74. The number of hydrogen-bond acceptors (Lipinski definition) is 3. The minimum Gasteiger partial charge on any atom is -0.478 e. The number of aromatic nitrogens is 2. The molecule has 124 valence electrons. The number of carbonyl (C=O) groups is 1. The molecule has 0 amide bonds. The topological polar surface area (TPSA) is 64.3 Å². The van der Waals surface area contributed by atoms with Gasteiger partial charge in [0.05, 0.1) is 6.20 Å². The maximum atomic E-state index is 12.3. The minimum atomic E-state index is -4.46. The van der Waals surface area contributed by atoms with Crippen LogP contribution in [0.1, 0.15) is 10.4 Å². The lowest BCUT2D eigenvalue weighted by Gasteiger charge is -2.09. The summed E-state index contributed by atoms with van der Waals surface area (Å²) in [5.41, 5.74) is -0.0962. The second-order valence-electron chi connectivity index (χ2n) is 4.44. The summed E-state index contributed by atoms with van der Waals surface area (Å²) in [6.07, 6.45) is -2.29. The van der Waals surface area contributed by atoms with Crippen LogP contribution in [0, 0.1) is 0 Å². The van der Waals surface area contributed by atoms with Crippen molar-refractivity contribution in [3.63, 3.8) is 0 Å². The van der Waals surface area contributed by atoms with E-state index in [0.717, 1.165) is 24.5 Å². The first-order valence-corrected chi connectivity index (χ1v) is 6.07. The Labute approximate surface area is 125 Å². The van der Waals surface area contributed by atoms with Gasteiger partial charge in [-0.15, -0.1) is 0 Å². The highest BCUT2D eigenvalue weighted by molar-refractivity contribution is 5.92. The van der Waals surface area contributed by atoms with E-state index in [0.29, 0.717) is 4.68 Å². The van der Waals surface area contributed by atoms with Gasteiger partial charge in [0.25, 0.3) is 0 Å². The van der Waals surface area contributed by atoms with Crippen molar-refractivity contribution in [3.8, 4) is 16.9 Å². The molecule has 0 radical (unpaired) electrons. The minimum absolute atomic E-state index is 0.194. The van der Waals surface area contributed by atoms with Gasteiger partial charge >= 0.3 is 18.8 Å². The average molecular weight is 336 g/mol. The normalized spacial score (nSPS) is 11.7. The molecule has 1 heterocycles. The van der Waals surface area contributed by atoms with Crippen LogP contribution in [-0.2, 0) is 6.54 Å². The SMILES string of the molecule is O=C(O)c1ccc(-c2cnn(CC(F)(F)F)c2)cc1OC(F)F. The van der Waals surface area contributed by atoms with E-state index < -0.39 is 36.6 Å². The summed E-state index contributed by atoms with van der Waals surface area (Å²) in [7, 11) is 0. The molecule has 0 atom stereocenters. The Balaban J connectivity index is 2.35. The van der Waals surface area contributed by atoms with Crippen LogP contribution in [0.15, 0.2) is 30.6 Å². The van der Waals surface area contributed by atoms with Crippen molar-refractivity contribution in [1.82, 2.24) is 9.78 Å². The van der Waals surface area contributed by atoms with Crippen molar-refractivity contribution in [1.29, 1.82) is 0 Å². The molecular weight excluding hydrogens is 327 g/mol. The van der Waals surface area contributed by atoms with E-state index in [1.807, 2.05) is 0 Å². The molecule has 2 rings (SSSR count). The zero-order valence-electron chi connectivity index (χ0n) is 11.2. The van der Waals surface area contributed by atoms with E-state index in [1.165, 1.54) is 6.07 Å². The Morgan fingerprint density at radius 3 is 2.57 bits per heavy atom. The lowest BCUT2D eigenvalue weighted by atomic mass is 10.1. The maximum absolute atomic E-state index is 12.3. The van der Waals surface area contributed by atoms with Gasteiger partial charge in [0.2, 0.25) is 0 Å². The molecule has 10 heteroatoms. The maximum Gasteiger partial charge on any atom is 0.408 e. The van der Waals surface area contributed by atoms with Crippen molar-refractivity contribution in [2.24, 2.45) is 0 Å². The van der Waals surface area contributed by atoms with Crippen LogP contribution in [0.2, 0.25) is 0 Å². The van der Waals surface area contributed by atoms with Crippen LogP contribution in [0.25, 0.3) is 11.1 Å². The van der Waals surface area contributed by atoms with Crippen molar-refractivity contribution >= 4 is 5.97 Å². The van der Waals surface area contributed by atoms with Gasteiger partial charge in [0, 0.05) is 11.8 Å². The number of carboxylic acid groups (broad SMARTS) is 1. The number of hydrogen-bond donors (Lipinski definition) is 1. The summed E-state index contributed by atoms with van der Waals surface area (Å²) < 4.78 is 66.2. The Hall–Kier alpha value is -2.65. The number of rotatable bonds is 5. The number of halogens is 5. The van der Waals surface area contributed by atoms with Gasteiger partial charge in [-0.05, 0) is 17.7 Å². The van der Waals surface area contributed by atoms with Crippen molar-refractivity contribution < 1.29 is 36.6 Å². The molecule has 0 aliphatic carbocycles. The quantitative estimate of drug-likeness (QED) is 0.850. The summed E-state index contributed by atoms with van der Waals surface area (Å²) in [5.74, 6) is -2.06. The zero-order chi connectivity index (χ0) is 17.2. The number of aromatic carboxylic acids is 1. The first kappa shape index (κ1) is 16.7. The predicted octanol–water partition coefficient (Wildman–Crippen LogP) is 3.41. The fourth-order valence-electron chi connectivity index (χ4n) is 1.85. The largest absolute Gasteiger partial charge is 0.478 e. The Bertz CT molecular complexity index is 712. The lowest BCUT2D eigenvalue weighted by Crippen LogP contribution is -2.17. The van der Waals surface area contributed by atoms with Crippen LogP contribution in [-0.4, -0.2) is 33.6 Å². The smallest absolute Gasteiger partial charge is 0.408 e. The van der Waals surface area contributed by atoms with E-state index in [4.69, 9.17) is 5.11 Å². The van der Waals surface area contributed by atoms with E-state index in [2.05, 4.69) is 9.84 Å². The standard InChI is InChI=1S/C13H9F5N2O3/c14-12(15)23-10-3-7(1-2-9(10)11(21)22)8-4-19-20(5-8)6-13(16,17)18/h1-5,12H,6H2,(H,21,22). The average Bonchev–Trinajstić information content (AvgIpc) is 2.83. The monoisotopic (exact) mass is 336 g/mol. The molecule has 5 nitrogen and oxygen atoms in total. The molecule has 0 saturated carbocycles. The van der Waals surface area contributed by atoms with Gasteiger partial charge in [0.15, 0.2) is 0 Å². The van der Waals surface area contributed by atoms with Crippen LogP contribution in [0.5, 0.6) is 5.75 Å². The Kier molecular flexibility index (Phi) is 4.52. The highest BCUT2D eigenvalue weighted by Gasteiger charge is 2.28. The molecule has 23 heavy (non-hydrogen) atoms. The first-order valence-electron chi connectivity index (χ1n) is 6.07. The summed E-state index contributed by atoms with van der Waals surface area (Å²) >= 11 is 0. The fraction of sp³-hybridized carbons (Fsp3) is 0.231. The Morgan fingerprint density at radius 1 is 1.30 bits per heavy atom. The van der Waals surface area contributed by atoms with Crippen LogP contribution in [0.3, 0.4) is 0 Å². The molecule has 1 aromatic heterocycles. The predicted molar refractivity (Wildman–Crippen MR) is 67.3 cm³/mol. The van der Waals surface area contributed by atoms with Crippen LogP contribution >= 0.6 is 0 Å². The molecule has 1 aromatic carbocycles. The Morgan fingerprint density at radius 2 is 2.00 bits per heavy atom. The first-order chi connectivity index (χ1) is 10.7. The second kappa shape index (κ2) is 6.23. The molecule has 0 spiro atoms. The van der Waals surface area contributed by atoms with Crippen LogP contribution < -0.4 is 4.74 Å². The van der Waals surface area contributed by atoms with Gasteiger partial charge in [-0.3, -0.25) is 4.68 Å². The van der Waals surface area contributed by atoms with Crippen molar-refractivity contribution in [3.05, 3.63) is 36.2 Å². The number of alkyl halides is 5. The molecule has 1 N–H and O–H groups in total. The highest BCUT2D eigenvalue weighted by atomic mass is 19.4. The second-order valence-corrected chi connectivity index (χ2v) is 4.44. The summed E-state index contributed by atoms with van der Waals surface area (Å²) in [5, 5.41) is 12.4. The fourth-order valence-corrected chi connectivity index (χ4v) is 1.85. The molecule has 2 aromatic rings. The molecule has 0 bridgehead atoms. The van der Waals surface area contributed by atoms with Gasteiger partial charge < -0.3 is 9.84 Å². The molecule has 0 aliphatic rings. The van der Waals surface area contributed by atoms with Gasteiger partial charge in [0.1, 0.15) is 17.9 Å². The molecule has 0 saturated heterocycles. The van der Waals surface area contributed by atoms with E-state index in [-0.39, 0.29) is 11.1 Å². The summed E-state index contributed by atoms with van der Waals surface area (Å²) in [6.45, 7) is -4.54. The summed E-state index contributed by atoms with van der Waals surface area (Å²) in [6, 6.07) is 3.29. The number of carboxylic acids is 1. The number of benzene rings is 1. The number of nitrogens with zero attached hydrogens (tertiary/aromatic N) is 2. The highest BCUT2D eigenvalue weighted by Crippen LogP contribution is 2.29. The molecule has 0 unspecified atom stereocenters. The van der Waals surface area contributed by atoms with E-state index >= 15 is 0 Å².